The summed E-state index contributed by atoms with van der Waals surface area (Å²) in [6.07, 6.45) is 2.88. The van der Waals surface area contributed by atoms with Crippen molar-refractivity contribution in [3.8, 4) is 0 Å². The van der Waals surface area contributed by atoms with Crippen LogP contribution in [-0.2, 0) is 24.2 Å². The molecule has 1 fully saturated rings. The van der Waals surface area contributed by atoms with E-state index in [1.165, 1.54) is 0 Å². The van der Waals surface area contributed by atoms with Gasteiger partial charge in [0.1, 0.15) is 0 Å². The van der Waals surface area contributed by atoms with E-state index in [1.54, 1.807) is 10.6 Å². The van der Waals surface area contributed by atoms with Crippen LogP contribution >= 0.6 is 0 Å². The number of fused-ring (bicyclic) bond motifs is 1. The molecule has 1 atom stereocenters. The molecule has 5 heteroatoms. The van der Waals surface area contributed by atoms with Gasteiger partial charge in [0.15, 0.2) is 5.67 Å². The van der Waals surface area contributed by atoms with Crippen molar-refractivity contribution in [1.82, 2.24) is 9.88 Å². The number of amides is 1. The highest BCUT2D eigenvalue weighted by atomic mass is 19.1. The summed E-state index contributed by atoms with van der Waals surface area (Å²) >= 11 is 0. The number of hydrogen-bond acceptors (Lipinski definition) is 2. The van der Waals surface area contributed by atoms with E-state index in [2.05, 4.69) is 5.32 Å². The van der Waals surface area contributed by atoms with E-state index in [9.17, 15) is 14.0 Å². The second-order valence-electron chi connectivity index (χ2n) is 5.77. The van der Waals surface area contributed by atoms with Gasteiger partial charge in [-0.05, 0) is 44.6 Å². The molecule has 1 unspecified atom stereocenters. The molecule has 1 aromatic rings. The Morgan fingerprint density at radius 2 is 2.25 bits per heavy atom. The fraction of sp³-hybridized carbons (Fsp3) is 0.600. The Bertz CT molecular complexity index is 604. The van der Waals surface area contributed by atoms with Crippen LogP contribution in [0.3, 0.4) is 0 Å². The maximum atomic E-state index is 13.7. The van der Waals surface area contributed by atoms with Crippen LogP contribution in [0.25, 0.3) is 0 Å². The second-order valence-corrected chi connectivity index (χ2v) is 5.77. The first kappa shape index (κ1) is 13.3. The summed E-state index contributed by atoms with van der Waals surface area (Å²) in [7, 11) is 0. The van der Waals surface area contributed by atoms with E-state index >= 15 is 0 Å². The van der Waals surface area contributed by atoms with Crippen LogP contribution in [0.5, 0.6) is 0 Å². The molecule has 20 heavy (non-hydrogen) atoms. The first-order chi connectivity index (χ1) is 9.53. The SMILES string of the molecule is CCn1c2c(ccc1=O)CC(NC(=O)C1(F)CC1)CC2. The molecule has 2 aliphatic carbocycles. The third-order valence-corrected chi connectivity index (χ3v) is 4.33. The lowest BCUT2D eigenvalue weighted by Crippen LogP contribution is -2.44. The molecule has 108 valence electrons. The standard InChI is InChI=1S/C15H19FN2O2/c1-2-18-12-5-4-11(9-10(12)3-6-13(18)19)17-14(20)15(16)7-8-15/h3,6,11H,2,4-5,7-9H2,1H3,(H,17,20). The van der Waals surface area contributed by atoms with Crippen molar-refractivity contribution >= 4 is 5.91 Å². The summed E-state index contributed by atoms with van der Waals surface area (Å²) in [4.78, 5) is 23.5. The molecule has 3 rings (SSSR count). The number of pyridine rings is 1. The first-order valence-corrected chi connectivity index (χ1v) is 7.25. The molecule has 2 aliphatic rings. The van der Waals surface area contributed by atoms with Gasteiger partial charge in [-0.25, -0.2) is 4.39 Å². The van der Waals surface area contributed by atoms with Gasteiger partial charge in [-0.1, -0.05) is 6.07 Å². The molecule has 1 heterocycles. The van der Waals surface area contributed by atoms with Crippen LogP contribution < -0.4 is 10.9 Å². The van der Waals surface area contributed by atoms with E-state index in [1.807, 2.05) is 13.0 Å². The zero-order valence-corrected chi connectivity index (χ0v) is 11.6. The molecule has 1 saturated carbocycles. The number of aromatic nitrogens is 1. The molecule has 0 saturated heterocycles. The summed E-state index contributed by atoms with van der Waals surface area (Å²) in [6.45, 7) is 2.61. The van der Waals surface area contributed by atoms with E-state index in [0.717, 1.165) is 24.1 Å². The quantitative estimate of drug-likeness (QED) is 0.907. The topological polar surface area (TPSA) is 51.1 Å². The number of hydrogen-bond donors (Lipinski definition) is 1. The number of carbonyl (C=O) groups is 1. The normalized spacial score (nSPS) is 23.0. The number of halogens is 1. The van der Waals surface area contributed by atoms with E-state index in [4.69, 9.17) is 0 Å². The van der Waals surface area contributed by atoms with Crippen molar-refractivity contribution in [2.24, 2.45) is 0 Å². The van der Waals surface area contributed by atoms with Crippen LogP contribution in [0.15, 0.2) is 16.9 Å². The van der Waals surface area contributed by atoms with Gasteiger partial charge in [0.05, 0.1) is 0 Å². The number of carbonyl (C=O) groups excluding carboxylic acids is 1. The summed E-state index contributed by atoms with van der Waals surface area (Å²) in [5.74, 6) is -0.463. The van der Waals surface area contributed by atoms with Crippen LogP contribution in [0, 0.1) is 0 Å². The Kier molecular flexibility index (Phi) is 3.15. The van der Waals surface area contributed by atoms with Gasteiger partial charge in [0, 0.05) is 24.3 Å². The van der Waals surface area contributed by atoms with Gasteiger partial charge < -0.3 is 9.88 Å². The second kappa shape index (κ2) is 4.72. The van der Waals surface area contributed by atoms with Gasteiger partial charge >= 0.3 is 0 Å². The fourth-order valence-electron chi connectivity index (χ4n) is 2.95. The van der Waals surface area contributed by atoms with Gasteiger partial charge in [0.25, 0.3) is 11.5 Å². The minimum absolute atomic E-state index is 0.0222. The molecule has 0 aliphatic heterocycles. The van der Waals surface area contributed by atoms with Crippen molar-refractivity contribution in [3.63, 3.8) is 0 Å². The van der Waals surface area contributed by atoms with Crippen molar-refractivity contribution in [2.75, 3.05) is 0 Å². The molecule has 0 spiro atoms. The number of nitrogens with one attached hydrogen (secondary N) is 1. The minimum Gasteiger partial charge on any atom is -0.350 e. The number of nitrogens with zero attached hydrogens (tertiary/aromatic N) is 1. The van der Waals surface area contributed by atoms with E-state index < -0.39 is 11.6 Å². The summed E-state index contributed by atoms with van der Waals surface area (Å²) in [6, 6.07) is 3.39. The molecule has 1 amide bonds. The van der Waals surface area contributed by atoms with Crippen molar-refractivity contribution in [3.05, 3.63) is 33.7 Å². The summed E-state index contributed by atoms with van der Waals surface area (Å²) < 4.78 is 15.4. The fourth-order valence-corrected chi connectivity index (χ4v) is 2.95. The molecule has 0 aromatic carbocycles. The third kappa shape index (κ3) is 2.25. The number of alkyl halides is 1. The Morgan fingerprint density at radius 1 is 1.50 bits per heavy atom. The summed E-state index contributed by atoms with van der Waals surface area (Å²) in [5, 5.41) is 2.81. The average molecular weight is 278 g/mol. The van der Waals surface area contributed by atoms with Crippen LogP contribution in [0.4, 0.5) is 4.39 Å². The Balaban J connectivity index is 1.76. The largest absolute Gasteiger partial charge is 0.350 e. The van der Waals surface area contributed by atoms with E-state index in [-0.39, 0.29) is 11.6 Å². The molecule has 1 N–H and O–H groups in total. The highest BCUT2D eigenvalue weighted by Crippen LogP contribution is 2.40. The molecule has 0 radical (unpaired) electrons. The molecular weight excluding hydrogens is 259 g/mol. The van der Waals surface area contributed by atoms with Gasteiger partial charge in [-0.2, -0.15) is 0 Å². The zero-order chi connectivity index (χ0) is 14.3. The molecule has 4 nitrogen and oxygen atoms in total. The van der Waals surface area contributed by atoms with Crippen LogP contribution in [-0.4, -0.2) is 22.2 Å². The smallest absolute Gasteiger partial charge is 0.257 e. The maximum Gasteiger partial charge on any atom is 0.257 e. The zero-order valence-electron chi connectivity index (χ0n) is 11.6. The monoisotopic (exact) mass is 278 g/mol. The lowest BCUT2D eigenvalue weighted by atomic mass is 9.91. The predicted octanol–water partition coefficient (Wildman–Crippen LogP) is 1.34. The minimum atomic E-state index is -1.61. The van der Waals surface area contributed by atoms with Crippen molar-refractivity contribution in [1.29, 1.82) is 0 Å². The molecular formula is C15H19FN2O2. The molecule has 0 bridgehead atoms. The highest BCUT2D eigenvalue weighted by molar-refractivity contribution is 5.88. The van der Waals surface area contributed by atoms with Gasteiger partial charge in [0.2, 0.25) is 0 Å². The highest BCUT2D eigenvalue weighted by Gasteiger charge is 2.51. The van der Waals surface area contributed by atoms with Gasteiger partial charge in [-0.15, -0.1) is 0 Å². The van der Waals surface area contributed by atoms with Gasteiger partial charge in [-0.3, -0.25) is 9.59 Å². The van der Waals surface area contributed by atoms with Crippen molar-refractivity contribution < 1.29 is 9.18 Å². The van der Waals surface area contributed by atoms with Crippen LogP contribution in [0.2, 0.25) is 0 Å². The van der Waals surface area contributed by atoms with Crippen molar-refractivity contribution in [2.45, 2.75) is 57.3 Å². The summed E-state index contributed by atoms with van der Waals surface area (Å²) in [5.41, 5.74) is 0.565. The lowest BCUT2D eigenvalue weighted by molar-refractivity contribution is -0.128. The molecule has 1 aromatic heterocycles. The van der Waals surface area contributed by atoms with Crippen LogP contribution in [0.1, 0.15) is 37.4 Å². The Hall–Kier alpha value is -1.65. The average Bonchev–Trinajstić information content (AvgIpc) is 3.18. The third-order valence-electron chi connectivity index (χ3n) is 4.33. The predicted molar refractivity (Wildman–Crippen MR) is 73.4 cm³/mol. The first-order valence-electron chi connectivity index (χ1n) is 7.25. The van der Waals surface area contributed by atoms with E-state index in [0.29, 0.717) is 25.8 Å². The maximum absolute atomic E-state index is 13.7. The lowest BCUT2D eigenvalue weighted by Gasteiger charge is -2.27. The number of rotatable bonds is 3. The Labute approximate surface area is 117 Å². The Morgan fingerprint density at radius 3 is 2.90 bits per heavy atom.